The SMILES string of the molecule is COC(=O)CCC(c1cccc(Cl)c1)C(O)c1ccc(Cl)cc1. The summed E-state index contributed by atoms with van der Waals surface area (Å²) < 4.78 is 4.70. The molecular formula is C18H18Cl2O3. The number of aliphatic hydroxyl groups excluding tert-OH is 1. The van der Waals surface area contributed by atoms with Crippen molar-refractivity contribution in [3.05, 3.63) is 69.7 Å². The van der Waals surface area contributed by atoms with Gasteiger partial charge in [0.2, 0.25) is 0 Å². The summed E-state index contributed by atoms with van der Waals surface area (Å²) in [6, 6.07) is 14.3. The highest BCUT2D eigenvalue weighted by Gasteiger charge is 2.24. The zero-order chi connectivity index (χ0) is 16.8. The number of carbonyl (C=O) groups is 1. The highest BCUT2D eigenvalue weighted by Crippen LogP contribution is 2.36. The van der Waals surface area contributed by atoms with Crippen LogP contribution in [0.4, 0.5) is 0 Å². The monoisotopic (exact) mass is 352 g/mol. The summed E-state index contributed by atoms with van der Waals surface area (Å²) in [6.45, 7) is 0. The van der Waals surface area contributed by atoms with E-state index in [0.29, 0.717) is 16.5 Å². The molecule has 2 atom stereocenters. The van der Waals surface area contributed by atoms with Crippen LogP contribution in [0.25, 0.3) is 0 Å². The van der Waals surface area contributed by atoms with Crippen molar-refractivity contribution in [2.75, 3.05) is 7.11 Å². The molecule has 122 valence electrons. The fourth-order valence-corrected chi connectivity index (χ4v) is 2.84. The van der Waals surface area contributed by atoms with Crippen molar-refractivity contribution in [1.82, 2.24) is 0 Å². The van der Waals surface area contributed by atoms with Gasteiger partial charge in [-0.3, -0.25) is 4.79 Å². The molecule has 23 heavy (non-hydrogen) atoms. The van der Waals surface area contributed by atoms with Gasteiger partial charge in [0.1, 0.15) is 0 Å². The predicted molar refractivity (Wildman–Crippen MR) is 91.9 cm³/mol. The van der Waals surface area contributed by atoms with Gasteiger partial charge >= 0.3 is 5.97 Å². The molecule has 0 bridgehead atoms. The summed E-state index contributed by atoms with van der Waals surface area (Å²) in [5.41, 5.74) is 1.62. The minimum Gasteiger partial charge on any atom is -0.469 e. The first-order chi connectivity index (χ1) is 11.0. The molecule has 0 saturated carbocycles. The number of rotatable bonds is 6. The third-order valence-electron chi connectivity index (χ3n) is 3.76. The summed E-state index contributed by atoms with van der Waals surface area (Å²) in [4.78, 5) is 11.5. The van der Waals surface area contributed by atoms with Crippen LogP contribution in [0, 0.1) is 0 Å². The Morgan fingerprint density at radius 1 is 1.09 bits per heavy atom. The molecule has 2 aromatic carbocycles. The van der Waals surface area contributed by atoms with Crippen LogP contribution in [-0.4, -0.2) is 18.2 Å². The fourth-order valence-electron chi connectivity index (χ4n) is 2.51. The summed E-state index contributed by atoms with van der Waals surface area (Å²) in [7, 11) is 1.35. The molecule has 3 nitrogen and oxygen atoms in total. The third kappa shape index (κ3) is 4.96. The van der Waals surface area contributed by atoms with Crippen molar-refractivity contribution < 1.29 is 14.6 Å². The topological polar surface area (TPSA) is 46.5 Å². The van der Waals surface area contributed by atoms with Crippen LogP contribution in [-0.2, 0) is 9.53 Å². The molecule has 2 rings (SSSR count). The van der Waals surface area contributed by atoms with E-state index in [4.69, 9.17) is 27.9 Å². The van der Waals surface area contributed by atoms with E-state index in [0.717, 1.165) is 11.1 Å². The van der Waals surface area contributed by atoms with Crippen LogP contribution in [0.5, 0.6) is 0 Å². The van der Waals surface area contributed by atoms with Crippen LogP contribution in [0.15, 0.2) is 48.5 Å². The molecule has 0 radical (unpaired) electrons. The Balaban J connectivity index is 2.28. The van der Waals surface area contributed by atoms with Crippen molar-refractivity contribution in [3.8, 4) is 0 Å². The molecule has 0 saturated heterocycles. The van der Waals surface area contributed by atoms with Gasteiger partial charge in [0.15, 0.2) is 0 Å². The van der Waals surface area contributed by atoms with Gasteiger partial charge in [0, 0.05) is 22.4 Å². The summed E-state index contributed by atoms with van der Waals surface area (Å²) in [5.74, 6) is -0.575. The normalized spacial score (nSPS) is 13.4. The number of ether oxygens (including phenoxy) is 1. The predicted octanol–water partition coefficient (Wildman–Crippen LogP) is 4.76. The Labute approximate surface area is 145 Å². The maximum Gasteiger partial charge on any atom is 0.305 e. The van der Waals surface area contributed by atoms with E-state index in [1.165, 1.54) is 7.11 Å². The molecule has 0 aromatic heterocycles. The molecule has 0 aliphatic carbocycles. The Morgan fingerprint density at radius 2 is 1.78 bits per heavy atom. The first kappa shape index (κ1) is 17.8. The second kappa shape index (κ2) is 8.34. The standard InChI is InChI=1S/C18H18Cl2O3/c1-23-17(21)10-9-16(13-3-2-4-15(20)11-13)18(22)12-5-7-14(19)8-6-12/h2-8,11,16,18,22H,9-10H2,1H3. The molecule has 2 aromatic rings. The van der Waals surface area contributed by atoms with Crippen molar-refractivity contribution in [3.63, 3.8) is 0 Å². The highest BCUT2D eigenvalue weighted by atomic mass is 35.5. The average Bonchev–Trinajstić information content (AvgIpc) is 2.55. The highest BCUT2D eigenvalue weighted by molar-refractivity contribution is 6.30. The molecule has 0 heterocycles. The van der Waals surface area contributed by atoms with E-state index in [-0.39, 0.29) is 18.3 Å². The first-order valence-electron chi connectivity index (χ1n) is 7.27. The second-order valence-corrected chi connectivity index (χ2v) is 6.15. The molecule has 5 heteroatoms. The average molecular weight is 353 g/mol. The van der Waals surface area contributed by atoms with Gasteiger partial charge in [-0.1, -0.05) is 47.5 Å². The lowest BCUT2D eigenvalue weighted by atomic mass is 9.85. The zero-order valence-electron chi connectivity index (χ0n) is 12.7. The number of esters is 1. The molecular weight excluding hydrogens is 335 g/mol. The Morgan fingerprint density at radius 3 is 2.39 bits per heavy atom. The van der Waals surface area contributed by atoms with Crippen molar-refractivity contribution >= 4 is 29.2 Å². The Kier molecular flexibility index (Phi) is 6.46. The molecule has 0 fully saturated rings. The second-order valence-electron chi connectivity index (χ2n) is 5.27. The van der Waals surface area contributed by atoms with Crippen LogP contribution in [0.2, 0.25) is 10.0 Å². The maximum atomic E-state index is 11.5. The number of carbonyl (C=O) groups excluding carboxylic acids is 1. The van der Waals surface area contributed by atoms with Crippen molar-refractivity contribution in [1.29, 1.82) is 0 Å². The largest absolute Gasteiger partial charge is 0.469 e. The number of aliphatic hydroxyl groups is 1. The molecule has 1 N–H and O–H groups in total. The minimum atomic E-state index is -0.768. The van der Waals surface area contributed by atoms with Gasteiger partial charge in [-0.2, -0.15) is 0 Å². The third-order valence-corrected chi connectivity index (χ3v) is 4.24. The number of hydrogen-bond donors (Lipinski definition) is 1. The van der Waals surface area contributed by atoms with Crippen molar-refractivity contribution in [2.24, 2.45) is 0 Å². The van der Waals surface area contributed by atoms with E-state index < -0.39 is 6.10 Å². The lowest BCUT2D eigenvalue weighted by molar-refractivity contribution is -0.140. The van der Waals surface area contributed by atoms with Crippen LogP contribution in [0.3, 0.4) is 0 Å². The maximum absolute atomic E-state index is 11.5. The lowest BCUT2D eigenvalue weighted by Crippen LogP contribution is -2.13. The summed E-state index contributed by atoms with van der Waals surface area (Å²) >= 11 is 12.0. The summed E-state index contributed by atoms with van der Waals surface area (Å²) in [5, 5.41) is 12.0. The number of methoxy groups -OCH3 is 1. The van der Waals surface area contributed by atoms with Crippen LogP contribution in [0.1, 0.15) is 36.0 Å². The number of benzene rings is 2. The van der Waals surface area contributed by atoms with Gasteiger partial charge in [-0.05, 0) is 41.8 Å². The minimum absolute atomic E-state index is 0.221. The van der Waals surface area contributed by atoms with E-state index >= 15 is 0 Å². The quantitative estimate of drug-likeness (QED) is 0.762. The van der Waals surface area contributed by atoms with E-state index in [9.17, 15) is 9.90 Å². The van der Waals surface area contributed by atoms with E-state index in [1.54, 1.807) is 30.3 Å². The van der Waals surface area contributed by atoms with Crippen LogP contribution < -0.4 is 0 Å². The number of halogens is 2. The van der Waals surface area contributed by atoms with Crippen molar-refractivity contribution in [2.45, 2.75) is 24.9 Å². The number of hydrogen-bond acceptors (Lipinski definition) is 3. The summed E-state index contributed by atoms with van der Waals surface area (Å²) in [6.07, 6.45) is -0.0924. The fraction of sp³-hybridized carbons (Fsp3) is 0.278. The molecule has 0 amide bonds. The smallest absolute Gasteiger partial charge is 0.305 e. The first-order valence-corrected chi connectivity index (χ1v) is 8.02. The molecule has 2 unspecified atom stereocenters. The van der Waals surface area contributed by atoms with Gasteiger partial charge in [0.25, 0.3) is 0 Å². The van der Waals surface area contributed by atoms with Gasteiger partial charge in [-0.25, -0.2) is 0 Å². The van der Waals surface area contributed by atoms with E-state index in [2.05, 4.69) is 0 Å². The van der Waals surface area contributed by atoms with E-state index in [1.807, 2.05) is 18.2 Å². The van der Waals surface area contributed by atoms with Gasteiger partial charge < -0.3 is 9.84 Å². The molecule has 0 aliphatic heterocycles. The molecule has 0 spiro atoms. The molecule has 0 aliphatic rings. The van der Waals surface area contributed by atoms with Gasteiger partial charge in [-0.15, -0.1) is 0 Å². The van der Waals surface area contributed by atoms with Crippen LogP contribution >= 0.6 is 23.2 Å². The lowest BCUT2D eigenvalue weighted by Gasteiger charge is -2.24. The Bertz CT molecular complexity index is 656. The zero-order valence-corrected chi connectivity index (χ0v) is 14.2. The Hall–Kier alpha value is -1.55. The van der Waals surface area contributed by atoms with Gasteiger partial charge in [0.05, 0.1) is 13.2 Å².